The van der Waals surface area contributed by atoms with Crippen LogP contribution in [0, 0.1) is 5.92 Å². The van der Waals surface area contributed by atoms with E-state index in [4.69, 9.17) is 9.47 Å². The van der Waals surface area contributed by atoms with Crippen LogP contribution >= 0.6 is 0 Å². The Bertz CT molecular complexity index is 713. The lowest BCUT2D eigenvalue weighted by atomic mass is 10.0. The van der Waals surface area contributed by atoms with Crippen LogP contribution in [-0.4, -0.2) is 42.7 Å². The van der Waals surface area contributed by atoms with Crippen LogP contribution < -0.4 is 14.8 Å². The maximum atomic E-state index is 5.93. The van der Waals surface area contributed by atoms with Gasteiger partial charge in [0.05, 0.1) is 7.11 Å². The zero-order chi connectivity index (χ0) is 19.8. The fourth-order valence-corrected chi connectivity index (χ4v) is 3.68. The second-order valence-electron chi connectivity index (χ2n) is 7.98. The minimum absolute atomic E-state index is 0.505. The van der Waals surface area contributed by atoms with Gasteiger partial charge in [-0.15, -0.1) is 0 Å². The van der Waals surface area contributed by atoms with Crippen LogP contribution in [0.4, 0.5) is 0 Å². The summed E-state index contributed by atoms with van der Waals surface area (Å²) in [7, 11) is 1.69. The van der Waals surface area contributed by atoms with Crippen molar-refractivity contribution < 1.29 is 9.47 Å². The molecular weight excluding hydrogens is 350 g/mol. The van der Waals surface area contributed by atoms with E-state index in [1.165, 1.54) is 38.0 Å². The maximum absolute atomic E-state index is 5.93. The first-order valence-electron chi connectivity index (χ1n) is 10.3. The van der Waals surface area contributed by atoms with Crippen molar-refractivity contribution in [3.05, 3.63) is 53.9 Å². The van der Waals surface area contributed by atoms with Crippen molar-refractivity contribution in [1.29, 1.82) is 0 Å². The summed E-state index contributed by atoms with van der Waals surface area (Å²) < 4.78 is 11.5. The van der Waals surface area contributed by atoms with Crippen molar-refractivity contribution >= 4 is 0 Å². The average Bonchev–Trinajstić information content (AvgIpc) is 2.72. The maximum Gasteiger partial charge on any atom is 0.161 e. The van der Waals surface area contributed by atoms with Gasteiger partial charge in [0.2, 0.25) is 0 Å². The molecule has 1 saturated heterocycles. The van der Waals surface area contributed by atoms with Gasteiger partial charge in [-0.1, -0.05) is 19.9 Å². The lowest BCUT2D eigenvalue weighted by molar-refractivity contribution is 0.179. The third kappa shape index (κ3) is 6.21. The Morgan fingerprint density at radius 2 is 1.82 bits per heavy atom. The summed E-state index contributed by atoms with van der Waals surface area (Å²) in [6.45, 7) is 9.55. The van der Waals surface area contributed by atoms with E-state index in [2.05, 4.69) is 41.2 Å². The summed E-state index contributed by atoms with van der Waals surface area (Å²) in [6.07, 6.45) is 5.99. The van der Waals surface area contributed by atoms with Gasteiger partial charge in [0, 0.05) is 31.5 Å². The van der Waals surface area contributed by atoms with Crippen LogP contribution in [0.3, 0.4) is 0 Å². The van der Waals surface area contributed by atoms with Crippen LogP contribution in [0.25, 0.3) is 0 Å². The highest BCUT2D eigenvalue weighted by Crippen LogP contribution is 2.29. The predicted octanol–water partition coefficient (Wildman–Crippen LogP) is 3.88. The molecule has 2 heterocycles. The van der Waals surface area contributed by atoms with Gasteiger partial charge in [0.15, 0.2) is 11.5 Å². The molecule has 0 unspecified atom stereocenters. The Labute approximate surface area is 169 Å². The standard InChI is InChI=1S/C23H33N3O2/c1-18(2)16-26-12-8-21(9-13-26)25-15-20-4-5-22(23(14-20)27-3)28-17-19-6-10-24-11-7-19/h4-7,10-11,14,18,21,25H,8-9,12-13,15-17H2,1-3H3. The molecule has 0 bridgehead atoms. The molecule has 1 aromatic carbocycles. The highest BCUT2D eigenvalue weighted by atomic mass is 16.5. The molecule has 0 spiro atoms. The summed E-state index contributed by atoms with van der Waals surface area (Å²) in [4.78, 5) is 6.62. The molecule has 5 nitrogen and oxygen atoms in total. The topological polar surface area (TPSA) is 46.6 Å². The number of ether oxygens (including phenoxy) is 2. The molecule has 1 aromatic heterocycles. The van der Waals surface area contributed by atoms with Crippen LogP contribution in [-0.2, 0) is 13.2 Å². The van der Waals surface area contributed by atoms with E-state index in [9.17, 15) is 0 Å². The van der Waals surface area contributed by atoms with Crippen molar-refractivity contribution in [2.45, 2.75) is 45.9 Å². The molecule has 2 aromatic rings. The highest BCUT2D eigenvalue weighted by molar-refractivity contribution is 5.43. The van der Waals surface area contributed by atoms with Crippen LogP contribution in [0.15, 0.2) is 42.7 Å². The monoisotopic (exact) mass is 383 g/mol. The first kappa shape index (κ1) is 20.6. The van der Waals surface area contributed by atoms with Crippen LogP contribution in [0.5, 0.6) is 11.5 Å². The number of benzene rings is 1. The van der Waals surface area contributed by atoms with Gasteiger partial charge >= 0.3 is 0 Å². The fraction of sp³-hybridized carbons (Fsp3) is 0.522. The molecule has 0 atom stereocenters. The summed E-state index contributed by atoms with van der Waals surface area (Å²) in [5.74, 6) is 2.29. The molecule has 1 fully saturated rings. The predicted molar refractivity (Wildman–Crippen MR) is 113 cm³/mol. The summed E-state index contributed by atoms with van der Waals surface area (Å²) in [5, 5.41) is 3.71. The van der Waals surface area contributed by atoms with Crippen molar-refractivity contribution in [2.24, 2.45) is 5.92 Å². The number of piperidine rings is 1. The number of nitrogens with one attached hydrogen (secondary N) is 1. The average molecular weight is 384 g/mol. The Morgan fingerprint density at radius 1 is 1.07 bits per heavy atom. The minimum Gasteiger partial charge on any atom is -0.493 e. The number of hydrogen-bond donors (Lipinski definition) is 1. The van der Waals surface area contributed by atoms with Gasteiger partial charge in [-0.2, -0.15) is 0 Å². The Balaban J connectivity index is 1.48. The molecule has 1 N–H and O–H groups in total. The second-order valence-corrected chi connectivity index (χ2v) is 7.98. The third-order valence-corrected chi connectivity index (χ3v) is 5.18. The Morgan fingerprint density at radius 3 is 2.50 bits per heavy atom. The molecular formula is C23H33N3O2. The Hall–Kier alpha value is -2.11. The van der Waals surface area contributed by atoms with E-state index in [-0.39, 0.29) is 0 Å². The largest absolute Gasteiger partial charge is 0.493 e. The quantitative estimate of drug-likeness (QED) is 0.712. The first-order valence-corrected chi connectivity index (χ1v) is 10.3. The van der Waals surface area contributed by atoms with Crippen molar-refractivity contribution in [2.75, 3.05) is 26.7 Å². The highest BCUT2D eigenvalue weighted by Gasteiger charge is 2.19. The number of methoxy groups -OCH3 is 1. The molecule has 0 radical (unpaired) electrons. The van der Waals surface area contributed by atoms with E-state index in [0.29, 0.717) is 12.6 Å². The van der Waals surface area contributed by atoms with E-state index >= 15 is 0 Å². The summed E-state index contributed by atoms with van der Waals surface area (Å²) in [5.41, 5.74) is 2.31. The molecule has 1 aliphatic heterocycles. The molecule has 3 rings (SSSR count). The molecule has 152 valence electrons. The van der Waals surface area contributed by atoms with Gasteiger partial charge < -0.3 is 19.7 Å². The molecule has 0 aliphatic carbocycles. The van der Waals surface area contributed by atoms with Crippen LogP contribution in [0.1, 0.15) is 37.8 Å². The Kier molecular flexibility index (Phi) is 7.69. The number of pyridine rings is 1. The summed E-state index contributed by atoms with van der Waals surface area (Å²) >= 11 is 0. The molecule has 28 heavy (non-hydrogen) atoms. The van der Waals surface area contributed by atoms with Crippen molar-refractivity contribution in [3.8, 4) is 11.5 Å². The van der Waals surface area contributed by atoms with Crippen LogP contribution in [0.2, 0.25) is 0 Å². The number of aromatic nitrogens is 1. The normalized spacial score (nSPS) is 15.7. The minimum atomic E-state index is 0.505. The third-order valence-electron chi connectivity index (χ3n) is 5.18. The van der Waals surface area contributed by atoms with E-state index < -0.39 is 0 Å². The molecule has 5 heteroatoms. The van der Waals surface area contributed by atoms with Crippen molar-refractivity contribution in [1.82, 2.24) is 15.2 Å². The fourth-order valence-electron chi connectivity index (χ4n) is 3.68. The zero-order valence-corrected chi connectivity index (χ0v) is 17.4. The molecule has 1 aliphatic rings. The van der Waals surface area contributed by atoms with Gasteiger partial charge in [0.25, 0.3) is 0 Å². The zero-order valence-electron chi connectivity index (χ0n) is 17.4. The number of nitrogens with zero attached hydrogens (tertiary/aromatic N) is 2. The van der Waals surface area contributed by atoms with Gasteiger partial charge in [0.1, 0.15) is 6.61 Å². The number of rotatable bonds is 9. The van der Waals surface area contributed by atoms with Crippen molar-refractivity contribution in [3.63, 3.8) is 0 Å². The van der Waals surface area contributed by atoms with E-state index in [1.54, 1.807) is 19.5 Å². The summed E-state index contributed by atoms with van der Waals surface area (Å²) in [6, 6.07) is 10.7. The molecule has 0 amide bonds. The van der Waals surface area contributed by atoms with Gasteiger partial charge in [-0.05, 0) is 67.2 Å². The van der Waals surface area contributed by atoms with E-state index in [0.717, 1.165) is 29.5 Å². The SMILES string of the molecule is COc1cc(CNC2CCN(CC(C)C)CC2)ccc1OCc1ccncc1. The van der Waals surface area contributed by atoms with Gasteiger partial charge in [-0.25, -0.2) is 0 Å². The lowest BCUT2D eigenvalue weighted by Gasteiger charge is -2.33. The number of likely N-dealkylation sites (tertiary alicyclic amines) is 1. The number of hydrogen-bond acceptors (Lipinski definition) is 5. The lowest BCUT2D eigenvalue weighted by Crippen LogP contribution is -2.43. The molecule has 0 saturated carbocycles. The first-order chi connectivity index (χ1) is 13.6. The van der Waals surface area contributed by atoms with E-state index in [1.807, 2.05) is 18.2 Å². The van der Waals surface area contributed by atoms with Gasteiger partial charge in [-0.3, -0.25) is 4.98 Å². The second kappa shape index (κ2) is 10.4. The smallest absolute Gasteiger partial charge is 0.161 e.